The minimum Gasteiger partial charge on any atom is -0.444 e. The monoisotopic (exact) mass is 312 g/mol. The van der Waals surface area contributed by atoms with Crippen molar-refractivity contribution >= 4 is 6.09 Å². The third-order valence-electron chi connectivity index (χ3n) is 2.96. The lowest BCUT2D eigenvalue weighted by Crippen LogP contribution is -2.50. The maximum absolute atomic E-state index is 12.3. The van der Waals surface area contributed by atoms with Crippen molar-refractivity contribution in [3.8, 4) is 0 Å². The third kappa shape index (κ3) is 5.97. The number of aromatic nitrogens is 4. The summed E-state index contributed by atoms with van der Waals surface area (Å²) in [7, 11) is 0. The summed E-state index contributed by atoms with van der Waals surface area (Å²) < 4.78 is 5.48. The van der Waals surface area contributed by atoms with E-state index in [0.29, 0.717) is 18.9 Å². The summed E-state index contributed by atoms with van der Waals surface area (Å²) in [6, 6.07) is -0.0424. The van der Waals surface area contributed by atoms with E-state index in [4.69, 9.17) is 4.74 Å². The van der Waals surface area contributed by atoms with Crippen molar-refractivity contribution in [2.75, 3.05) is 13.1 Å². The summed E-state index contributed by atoms with van der Waals surface area (Å²) in [4.78, 5) is 14.1. The molecule has 1 amide bonds. The van der Waals surface area contributed by atoms with Gasteiger partial charge >= 0.3 is 6.09 Å². The number of H-pyrrole nitrogens is 1. The second-order valence-corrected chi connectivity index (χ2v) is 7.25. The van der Waals surface area contributed by atoms with Crippen molar-refractivity contribution in [1.29, 1.82) is 0 Å². The molecule has 0 aromatic carbocycles. The van der Waals surface area contributed by atoms with Crippen molar-refractivity contribution in [3.05, 3.63) is 5.82 Å². The van der Waals surface area contributed by atoms with E-state index in [2.05, 4.69) is 25.9 Å². The molecule has 8 nitrogen and oxygen atoms in total. The minimum atomic E-state index is -0.508. The number of carbonyl (C=O) groups excluding carboxylic acids is 1. The van der Waals surface area contributed by atoms with Gasteiger partial charge in [0.1, 0.15) is 5.60 Å². The summed E-state index contributed by atoms with van der Waals surface area (Å²) >= 11 is 0. The van der Waals surface area contributed by atoms with Crippen molar-refractivity contribution in [2.24, 2.45) is 0 Å². The van der Waals surface area contributed by atoms with Gasteiger partial charge in [0.25, 0.3) is 0 Å². The van der Waals surface area contributed by atoms with Gasteiger partial charge in [0.15, 0.2) is 5.82 Å². The Labute approximate surface area is 132 Å². The van der Waals surface area contributed by atoms with Crippen LogP contribution in [0, 0.1) is 0 Å². The normalized spacial score (nSPS) is 13.8. The van der Waals surface area contributed by atoms with Crippen LogP contribution in [-0.4, -0.2) is 55.8 Å². The average molecular weight is 312 g/mol. The second-order valence-electron chi connectivity index (χ2n) is 7.25. The Morgan fingerprint density at radius 3 is 2.41 bits per heavy atom. The highest BCUT2D eigenvalue weighted by Gasteiger charge is 2.30. The smallest absolute Gasteiger partial charge is 0.410 e. The molecule has 2 N–H and O–H groups in total. The number of amides is 1. The molecule has 1 aromatic rings. The maximum atomic E-state index is 12.3. The van der Waals surface area contributed by atoms with Crippen molar-refractivity contribution < 1.29 is 9.53 Å². The molecule has 22 heavy (non-hydrogen) atoms. The molecule has 0 fully saturated rings. The van der Waals surface area contributed by atoms with E-state index < -0.39 is 5.60 Å². The van der Waals surface area contributed by atoms with Crippen LogP contribution in [0.1, 0.15) is 60.3 Å². The first-order chi connectivity index (χ1) is 10.0. The molecule has 1 unspecified atom stereocenters. The zero-order chi connectivity index (χ0) is 17.0. The Morgan fingerprint density at radius 2 is 1.95 bits per heavy atom. The highest BCUT2D eigenvalue weighted by molar-refractivity contribution is 5.69. The standard InChI is InChI=1S/C14H28N6O2/c1-10(11-16-18-19-17-11)15-8-9-20(13(2,3)4)12(21)22-14(5,6)7/h10,15H,8-9H2,1-7H3,(H,16,17,18,19). The summed E-state index contributed by atoms with van der Waals surface area (Å²) in [5.41, 5.74) is -0.828. The molecule has 1 atom stereocenters. The van der Waals surface area contributed by atoms with Gasteiger partial charge in [0.05, 0.1) is 6.04 Å². The van der Waals surface area contributed by atoms with E-state index in [1.807, 2.05) is 48.5 Å². The quantitative estimate of drug-likeness (QED) is 0.862. The Hall–Kier alpha value is -1.70. The van der Waals surface area contributed by atoms with Gasteiger partial charge in [-0.1, -0.05) is 5.21 Å². The molecular formula is C14H28N6O2. The molecule has 1 aromatic heterocycles. The molecule has 126 valence electrons. The molecule has 0 aliphatic rings. The van der Waals surface area contributed by atoms with Crippen LogP contribution in [0.25, 0.3) is 0 Å². The van der Waals surface area contributed by atoms with Gasteiger partial charge in [-0.15, -0.1) is 10.2 Å². The van der Waals surface area contributed by atoms with E-state index >= 15 is 0 Å². The molecule has 0 radical (unpaired) electrons. The molecule has 1 rings (SSSR count). The van der Waals surface area contributed by atoms with Crippen molar-refractivity contribution in [3.63, 3.8) is 0 Å². The number of nitrogens with zero attached hydrogens (tertiary/aromatic N) is 4. The lowest BCUT2D eigenvalue weighted by molar-refractivity contribution is 0.00648. The Kier molecular flexibility index (Phi) is 5.87. The van der Waals surface area contributed by atoms with Gasteiger partial charge in [-0.25, -0.2) is 4.79 Å². The van der Waals surface area contributed by atoms with Crippen LogP contribution in [0.3, 0.4) is 0 Å². The molecule has 0 aliphatic heterocycles. The average Bonchev–Trinajstić information content (AvgIpc) is 2.83. The number of aromatic amines is 1. The van der Waals surface area contributed by atoms with Crippen LogP contribution in [0.2, 0.25) is 0 Å². The van der Waals surface area contributed by atoms with Crippen molar-refractivity contribution in [2.45, 2.75) is 65.6 Å². The topological polar surface area (TPSA) is 96.0 Å². The number of tetrazole rings is 1. The SMILES string of the molecule is CC(NCCN(C(=O)OC(C)(C)C)C(C)(C)C)c1nn[nH]n1. The van der Waals surface area contributed by atoms with Gasteiger partial charge in [-0.2, -0.15) is 5.21 Å². The molecule has 8 heteroatoms. The predicted octanol–water partition coefficient (Wildman–Crippen LogP) is 1.89. The van der Waals surface area contributed by atoms with Crippen LogP contribution in [0.5, 0.6) is 0 Å². The van der Waals surface area contributed by atoms with Gasteiger partial charge in [0.2, 0.25) is 0 Å². The molecule has 1 heterocycles. The van der Waals surface area contributed by atoms with E-state index in [0.717, 1.165) is 0 Å². The van der Waals surface area contributed by atoms with Gasteiger partial charge in [-0.05, 0) is 48.5 Å². The van der Waals surface area contributed by atoms with Gasteiger partial charge in [0, 0.05) is 18.6 Å². The number of ether oxygens (including phenoxy) is 1. The van der Waals surface area contributed by atoms with Gasteiger partial charge in [-0.3, -0.25) is 0 Å². The van der Waals surface area contributed by atoms with Crippen LogP contribution < -0.4 is 5.32 Å². The zero-order valence-corrected chi connectivity index (χ0v) is 14.6. The molecule has 0 aliphatic carbocycles. The van der Waals surface area contributed by atoms with Crippen LogP contribution in [-0.2, 0) is 4.74 Å². The molecule has 0 saturated heterocycles. The number of hydrogen-bond acceptors (Lipinski definition) is 6. The molecule has 0 bridgehead atoms. The first kappa shape index (κ1) is 18.3. The van der Waals surface area contributed by atoms with Crippen LogP contribution in [0.15, 0.2) is 0 Å². The summed E-state index contributed by atoms with van der Waals surface area (Å²) in [5.74, 6) is 0.597. The van der Waals surface area contributed by atoms with Crippen LogP contribution >= 0.6 is 0 Å². The van der Waals surface area contributed by atoms with Gasteiger partial charge < -0.3 is 15.0 Å². The van der Waals surface area contributed by atoms with E-state index in [1.54, 1.807) is 4.90 Å². The fourth-order valence-electron chi connectivity index (χ4n) is 1.85. The van der Waals surface area contributed by atoms with Crippen molar-refractivity contribution in [1.82, 2.24) is 30.8 Å². The Morgan fingerprint density at radius 1 is 1.32 bits per heavy atom. The zero-order valence-electron chi connectivity index (χ0n) is 14.6. The first-order valence-electron chi connectivity index (χ1n) is 7.48. The number of nitrogens with one attached hydrogen (secondary N) is 2. The van der Waals surface area contributed by atoms with Crippen LogP contribution in [0.4, 0.5) is 4.79 Å². The largest absolute Gasteiger partial charge is 0.444 e. The summed E-state index contributed by atoms with van der Waals surface area (Å²) in [6.45, 7) is 14.6. The number of rotatable bonds is 5. The summed E-state index contributed by atoms with van der Waals surface area (Å²) in [6.07, 6.45) is -0.311. The predicted molar refractivity (Wildman–Crippen MR) is 83.3 cm³/mol. The minimum absolute atomic E-state index is 0.0424. The molecular weight excluding hydrogens is 284 g/mol. The van der Waals surface area contributed by atoms with E-state index in [1.165, 1.54) is 0 Å². The number of carbonyl (C=O) groups is 1. The highest BCUT2D eigenvalue weighted by Crippen LogP contribution is 2.18. The number of hydrogen-bond donors (Lipinski definition) is 2. The lowest BCUT2D eigenvalue weighted by atomic mass is 10.1. The first-order valence-corrected chi connectivity index (χ1v) is 7.48. The van der Waals surface area contributed by atoms with E-state index in [9.17, 15) is 4.79 Å². The highest BCUT2D eigenvalue weighted by atomic mass is 16.6. The second kappa shape index (κ2) is 7.04. The maximum Gasteiger partial charge on any atom is 0.410 e. The lowest BCUT2D eigenvalue weighted by Gasteiger charge is -2.37. The fourth-order valence-corrected chi connectivity index (χ4v) is 1.85. The Balaban J connectivity index is 2.57. The van der Waals surface area contributed by atoms with E-state index in [-0.39, 0.29) is 17.7 Å². The molecule has 0 spiro atoms. The Bertz CT molecular complexity index is 461. The molecule has 0 saturated carbocycles. The fraction of sp³-hybridized carbons (Fsp3) is 0.857. The third-order valence-corrected chi connectivity index (χ3v) is 2.96. The summed E-state index contributed by atoms with van der Waals surface area (Å²) in [5, 5.41) is 17.1.